The highest BCUT2D eigenvalue weighted by molar-refractivity contribution is 14.1. The van der Waals surface area contributed by atoms with Crippen molar-refractivity contribution in [3.8, 4) is 0 Å². The van der Waals surface area contributed by atoms with Crippen LogP contribution in [0.1, 0.15) is 80.2 Å². The molecule has 4 unspecified atom stereocenters. The summed E-state index contributed by atoms with van der Waals surface area (Å²) in [7, 11) is 0. The van der Waals surface area contributed by atoms with Crippen LogP contribution < -0.4 is 22.1 Å². The highest BCUT2D eigenvalue weighted by atomic mass is 127. The number of esters is 2. The zero-order chi connectivity index (χ0) is 35.8. The second kappa shape index (κ2) is 20.2. The summed E-state index contributed by atoms with van der Waals surface area (Å²) in [6.07, 6.45) is -0.175. The van der Waals surface area contributed by atoms with Crippen molar-refractivity contribution in [1.82, 2.24) is 10.6 Å². The number of halogens is 1. The first-order valence-corrected chi connectivity index (χ1v) is 17.6. The van der Waals surface area contributed by atoms with Gasteiger partial charge in [0, 0.05) is 28.5 Å². The molecule has 12 nitrogen and oxygen atoms in total. The van der Waals surface area contributed by atoms with Gasteiger partial charge in [-0.2, -0.15) is 0 Å². The van der Waals surface area contributed by atoms with E-state index in [2.05, 4.69) is 33.2 Å². The van der Waals surface area contributed by atoms with Crippen LogP contribution in [-0.4, -0.2) is 83.4 Å². The minimum absolute atomic E-state index is 0.0167. The van der Waals surface area contributed by atoms with E-state index >= 15 is 0 Å². The quantitative estimate of drug-likeness (QED) is 0.0626. The Labute approximate surface area is 294 Å². The van der Waals surface area contributed by atoms with Crippen LogP contribution in [0.5, 0.6) is 0 Å². The molecule has 0 saturated heterocycles. The first-order chi connectivity index (χ1) is 21.8. The molecule has 0 aliphatic rings. The Balaban J connectivity index is 2.96. The molecule has 47 heavy (non-hydrogen) atoms. The molecule has 2 amide bonds. The van der Waals surface area contributed by atoms with Gasteiger partial charge < -0.3 is 41.0 Å². The maximum Gasteiger partial charge on any atom is 0.307 e. The number of nitrogens with one attached hydrogen (secondary N) is 2. The molecule has 4 atom stereocenters. The monoisotopic (exact) mass is 776 g/mol. The Morgan fingerprint density at radius 1 is 0.894 bits per heavy atom. The lowest BCUT2D eigenvalue weighted by Gasteiger charge is -2.35. The fourth-order valence-electron chi connectivity index (χ4n) is 4.71. The Morgan fingerprint density at radius 2 is 1.51 bits per heavy atom. The van der Waals surface area contributed by atoms with E-state index in [1.54, 1.807) is 55.4 Å². The van der Waals surface area contributed by atoms with Crippen molar-refractivity contribution in [2.24, 2.45) is 23.3 Å². The lowest BCUT2D eigenvalue weighted by atomic mass is 9.83. The SMILES string of the molecule is CC(NC(=O)C(CCC(=O)OCc1ccccc1)C(C)(C)N)C(N)C(CC(=O)OC(C)(C)C)C(=O)NC(C)(C)COCCOCCI. The summed E-state index contributed by atoms with van der Waals surface area (Å²) in [4.78, 5) is 52.5. The summed E-state index contributed by atoms with van der Waals surface area (Å²) >= 11 is 2.23. The van der Waals surface area contributed by atoms with Gasteiger partial charge in [0.1, 0.15) is 12.2 Å². The summed E-state index contributed by atoms with van der Waals surface area (Å²) in [6.45, 7) is 15.6. The standard InChI is InChI=1S/C34H57IN4O8/c1-23(38-31(43)26(34(7,8)37)14-15-27(40)46-21-24-12-10-9-11-13-24)29(36)25(20-28(41)47-32(2,3)4)30(42)39-33(5,6)22-45-19-18-44-17-16-35/h9-13,23,25-26,29H,14-22,36-37H2,1-8H3,(H,38,43)(H,39,42). The molecule has 13 heteroatoms. The molecule has 0 radical (unpaired) electrons. The summed E-state index contributed by atoms with van der Waals surface area (Å²) < 4.78 is 22.9. The van der Waals surface area contributed by atoms with Crippen molar-refractivity contribution in [1.29, 1.82) is 0 Å². The highest BCUT2D eigenvalue weighted by Crippen LogP contribution is 2.22. The van der Waals surface area contributed by atoms with Gasteiger partial charge in [-0.1, -0.05) is 52.9 Å². The van der Waals surface area contributed by atoms with Gasteiger partial charge in [0.05, 0.1) is 50.2 Å². The topological polar surface area (TPSA) is 181 Å². The minimum atomic E-state index is -1.04. The normalized spacial score (nSPS) is 14.8. The Hall–Kier alpha value is -2.33. The molecule has 0 bridgehead atoms. The molecule has 1 aromatic carbocycles. The molecule has 0 aromatic heterocycles. The predicted molar refractivity (Wildman–Crippen MR) is 190 cm³/mol. The number of amides is 2. The van der Waals surface area contributed by atoms with Crippen LogP contribution in [0.2, 0.25) is 0 Å². The van der Waals surface area contributed by atoms with Crippen LogP contribution in [0.3, 0.4) is 0 Å². The van der Waals surface area contributed by atoms with E-state index in [-0.39, 0.29) is 32.5 Å². The Kier molecular flexibility index (Phi) is 18.4. The number of benzene rings is 1. The molecule has 0 spiro atoms. The zero-order valence-electron chi connectivity index (χ0n) is 29.4. The largest absolute Gasteiger partial charge is 0.461 e. The van der Waals surface area contributed by atoms with E-state index in [9.17, 15) is 19.2 Å². The molecule has 1 rings (SSSR count). The van der Waals surface area contributed by atoms with Crippen LogP contribution in [0, 0.1) is 11.8 Å². The molecular weight excluding hydrogens is 719 g/mol. The Bertz CT molecular complexity index is 1120. The minimum Gasteiger partial charge on any atom is -0.461 e. The third kappa shape index (κ3) is 18.1. The average molecular weight is 777 g/mol. The third-order valence-electron chi connectivity index (χ3n) is 7.17. The molecular formula is C34H57IN4O8. The van der Waals surface area contributed by atoms with Gasteiger partial charge in [-0.3, -0.25) is 19.2 Å². The summed E-state index contributed by atoms with van der Waals surface area (Å²) in [5.74, 6) is -3.75. The fraction of sp³-hybridized carbons (Fsp3) is 0.706. The van der Waals surface area contributed by atoms with Crippen molar-refractivity contribution >= 4 is 46.3 Å². The zero-order valence-corrected chi connectivity index (χ0v) is 31.5. The summed E-state index contributed by atoms with van der Waals surface area (Å²) in [6, 6.07) is 7.58. The van der Waals surface area contributed by atoms with Crippen LogP contribution in [0.15, 0.2) is 30.3 Å². The number of carbonyl (C=O) groups is 4. The van der Waals surface area contributed by atoms with E-state index in [0.29, 0.717) is 19.8 Å². The smallest absolute Gasteiger partial charge is 0.307 e. The number of ether oxygens (including phenoxy) is 4. The van der Waals surface area contributed by atoms with Crippen LogP contribution >= 0.6 is 22.6 Å². The number of nitrogens with two attached hydrogens (primary N) is 2. The number of carbonyl (C=O) groups excluding carboxylic acids is 4. The van der Waals surface area contributed by atoms with Crippen molar-refractivity contribution in [3.63, 3.8) is 0 Å². The molecule has 0 saturated carbocycles. The van der Waals surface area contributed by atoms with Gasteiger partial charge in [0.15, 0.2) is 0 Å². The lowest BCUT2D eigenvalue weighted by Crippen LogP contribution is -2.59. The van der Waals surface area contributed by atoms with E-state index in [4.69, 9.17) is 30.4 Å². The fourth-order valence-corrected chi connectivity index (χ4v) is 5.02. The second-order valence-electron chi connectivity index (χ2n) is 14.1. The molecule has 1 aromatic rings. The molecule has 0 heterocycles. The molecule has 0 aliphatic carbocycles. The maximum absolute atomic E-state index is 13.6. The van der Waals surface area contributed by atoms with Crippen LogP contribution in [0.4, 0.5) is 0 Å². The summed E-state index contributed by atoms with van der Waals surface area (Å²) in [5.41, 5.74) is 11.3. The molecule has 0 fully saturated rings. The van der Waals surface area contributed by atoms with Crippen molar-refractivity contribution in [2.75, 3.05) is 30.9 Å². The molecule has 268 valence electrons. The van der Waals surface area contributed by atoms with Gasteiger partial charge in [0.2, 0.25) is 11.8 Å². The first kappa shape index (κ1) is 42.7. The van der Waals surface area contributed by atoms with Gasteiger partial charge in [-0.05, 0) is 67.4 Å². The van der Waals surface area contributed by atoms with Crippen molar-refractivity contribution in [2.45, 2.75) is 110 Å². The second-order valence-corrected chi connectivity index (χ2v) is 15.1. The average Bonchev–Trinajstić information content (AvgIpc) is 2.95. The van der Waals surface area contributed by atoms with Gasteiger partial charge in [0.25, 0.3) is 0 Å². The third-order valence-corrected chi connectivity index (χ3v) is 7.61. The van der Waals surface area contributed by atoms with Crippen molar-refractivity contribution < 1.29 is 38.1 Å². The van der Waals surface area contributed by atoms with Crippen molar-refractivity contribution in [3.05, 3.63) is 35.9 Å². The van der Waals surface area contributed by atoms with E-state index in [1.807, 2.05) is 30.3 Å². The number of hydrogen-bond donors (Lipinski definition) is 4. The first-order valence-electron chi connectivity index (χ1n) is 16.1. The predicted octanol–water partition coefficient (Wildman–Crippen LogP) is 3.41. The van der Waals surface area contributed by atoms with Gasteiger partial charge in [-0.25, -0.2) is 0 Å². The van der Waals surface area contributed by atoms with Crippen LogP contribution in [-0.2, 0) is 44.7 Å². The van der Waals surface area contributed by atoms with E-state index in [0.717, 1.165) is 9.99 Å². The van der Waals surface area contributed by atoms with Gasteiger partial charge in [-0.15, -0.1) is 0 Å². The summed E-state index contributed by atoms with van der Waals surface area (Å²) in [5, 5.41) is 5.82. The number of alkyl halides is 1. The van der Waals surface area contributed by atoms with E-state index < -0.39 is 64.4 Å². The Morgan fingerprint density at radius 3 is 2.09 bits per heavy atom. The van der Waals surface area contributed by atoms with Crippen LogP contribution in [0.25, 0.3) is 0 Å². The van der Waals surface area contributed by atoms with Gasteiger partial charge >= 0.3 is 11.9 Å². The number of hydrogen-bond acceptors (Lipinski definition) is 10. The highest BCUT2D eigenvalue weighted by Gasteiger charge is 2.38. The van der Waals surface area contributed by atoms with E-state index in [1.165, 1.54) is 0 Å². The maximum atomic E-state index is 13.6. The number of rotatable bonds is 21. The molecule has 6 N–H and O–H groups in total. The molecule has 0 aliphatic heterocycles. The lowest BCUT2D eigenvalue weighted by molar-refractivity contribution is -0.158.